The van der Waals surface area contributed by atoms with Crippen LogP contribution >= 0.6 is 0 Å². The summed E-state index contributed by atoms with van der Waals surface area (Å²) in [6.07, 6.45) is -4.77. The molecule has 0 unspecified atom stereocenters. The topological polar surface area (TPSA) is 107 Å². The first-order valence-corrected chi connectivity index (χ1v) is 8.20. The summed E-state index contributed by atoms with van der Waals surface area (Å²) in [5.41, 5.74) is -0.0317. The minimum absolute atomic E-state index is 0.0137. The number of nitrogens with one attached hydrogen (secondary N) is 1. The van der Waals surface area contributed by atoms with Gasteiger partial charge < -0.3 is 20.5 Å². The van der Waals surface area contributed by atoms with E-state index < -0.39 is 36.7 Å². The van der Waals surface area contributed by atoms with Crippen LogP contribution in [0, 0.1) is 0 Å². The highest BCUT2D eigenvalue weighted by Gasteiger charge is 2.30. The summed E-state index contributed by atoms with van der Waals surface area (Å²) in [5.74, 6) is -2.88. The zero-order valence-corrected chi connectivity index (χ0v) is 14.5. The fourth-order valence-electron chi connectivity index (χ4n) is 2.57. The smallest absolute Gasteiger partial charge is 0.475 e. The minimum atomic E-state index is -4.47. The molecule has 148 valence electrons. The first kappa shape index (κ1) is 21.5. The fraction of sp³-hybridized carbons (Fsp3) is 0.222. The Balaban J connectivity index is 2.02. The molecule has 1 atom stereocenters. The van der Waals surface area contributed by atoms with Gasteiger partial charge in [-0.05, 0) is 41.8 Å². The molecule has 0 aromatic heterocycles. The van der Waals surface area contributed by atoms with E-state index in [0.29, 0.717) is 11.1 Å². The van der Waals surface area contributed by atoms with Gasteiger partial charge in [-0.25, -0.2) is 4.79 Å². The van der Waals surface area contributed by atoms with E-state index in [1.807, 2.05) is 0 Å². The Hall–Kier alpha value is -2.85. The number of carbonyl (C=O) groups is 2. The quantitative estimate of drug-likeness (QED) is 0.534. The third kappa shape index (κ3) is 6.10. The lowest BCUT2D eigenvalue weighted by molar-refractivity contribution is -0.137. The Morgan fingerprint density at radius 3 is 2.21 bits per heavy atom. The van der Waals surface area contributed by atoms with Gasteiger partial charge in [-0.1, -0.05) is 24.3 Å². The molecule has 0 saturated carbocycles. The second kappa shape index (κ2) is 8.90. The van der Waals surface area contributed by atoms with Crippen LogP contribution in [0.5, 0.6) is 0 Å². The van der Waals surface area contributed by atoms with Gasteiger partial charge in [0.25, 0.3) is 0 Å². The molecule has 6 nitrogen and oxygen atoms in total. The molecule has 0 aliphatic rings. The lowest BCUT2D eigenvalue weighted by Gasteiger charge is -2.18. The largest absolute Gasteiger partial charge is 0.478 e. The summed E-state index contributed by atoms with van der Waals surface area (Å²) in [6.45, 7) is 0. The molecule has 4 N–H and O–H groups in total. The zero-order valence-electron chi connectivity index (χ0n) is 14.5. The van der Waals surface area contributed by atoms with Crippen molar-refractivity contribution in [3.63, 3.8) is 0 Å². The van der Waals surface area contributed by atoms with Crippen LogP contribution in [0.3, 0.4) is 0 Å². The van der Waals surface area contributed by atoms with E-state index in [1.165, 1.54) is 30.3 Å². The van der Waals surface area contributed by atoms with E-state index >= 15 is 0 Å². The summed E-state index contributed by atoms with van der Waals surface area (Å²) in [6, 6.07) is 9.84. The van der Waals surface area contributed by atoms with Crippen molar-refractivity contribution >= 4 is 19.0 Å². The van der Waals surface area contributed by atoms with E-state index in [2.05, 4.69) is 5.32 Å². The summed E-state index contributed by atoms with van der Waals surface area (Å²) in [5, 5.41) is 30.4. The summed E-state index contributed by atoms with van der Waals surface area (Å²) in [7, 11) is -1.91. The Morgan fingerprint density at radius 2 is 1.68 bits per heavy atom. The van der Waals surface area contributed by atoms with Gasteiger partial charge in [0.05, 0.1) is 23.5 Å². The van der Waals surface area contributed by atoms with Gasteiger partial charge in [0.15, 0.2) is 0 Å². The number of carbonyl (C=O) groups excluding carboxylic acids is 1. The van der Waals surface area contributed by atoms with Crippen LogP contribution in [-0.2, 0) is 23.8 Å². The van der Waals surface area contributed by atoms with E-state index in [0.717, 1.165) is 12.1 Å². The Bertz CT molecular complexity index is 840. The molecular weight excluding hydrogens is 378 g/mol. The van der Waals surface area contributed by atoms with E-state index in [1.54, 1.807) is 6.07 Å². The maximum absolute atomic E-state index is 12.6. The molecule has 10 heteroatoms. The van der Waals surface area contributed by atoms with Crippen LogP contribution in [0.2, 0.25) is 0 Å². The highest BCUT2D eigenvalue weighted by atomic mass is 19.4. The second-order valence-electron chi connectivity index (χ2n) is 6.17. The van der Waals surface area contributed by atoms with Gasteiger partial charge in [-0.3, -0.25) is 4.79 Å². The maximum atomic E-state index is 12.6. The molecule has 0 radical (unpaired) electrons. The van der Waals surface area contributed by atoms with Gasteiger partial charge in [0.1, 0.15) is 0 Å². The molecule has 0 heterocycles. The van der Waals surface area contributed by atoms with Crippen molar-refractivity contribution in [2.75, 3.05) is 0 Å². The number of rotatable bonds is 7. The first-order chi connectivity index (χ1) is 13.1. The van der Waals surface area contributed by atoms with Crippen molar-refractivity contribution < 1.29 is 37.9 Å². The predicted molar refractivity (Wildman–Crippen MR) is 94.4 cm³/mol. The number of carboxylic acids is 1. The maximum Gasteiger partial charge on any atom is 0.475 e. The third-order valence-electron chi connectivity index (χ3n) is 3.98. The molecule has 1 amide bonds. The first-order valence-electron chi connectivity index (χ1n) is 8.20. The van der Waals surface area contributed by atoms with Crippen LogP contribution in [0.1, 0.15) is 27.0 Å². The van der Waals surface area contributed by atoms with Gasteiger partial charge >= 0.3 is 19.3 Å². The molecule has 28 heavy (non-hydrogen) atoms. The molecule has 0 spiro atoms. The fourth-order valence-corrected chi connectivity index (χ4v) is 2.57. The van der Waals surface area contributed by atoms with Crippen LogP contribution in [0.4, 0.5) is 13.2 Å². The summed E-state index contributed by atoms with van der Waals surface area (Å²) >= 11 is 0. The van der Waals surface area contributed by atoms with Crippen molar-refractivity contribution in [3.05, 3.63) is 70.8 Å². The average molecular weight is 395 g/mol. The van der Waals surface area contributed by atoms with Gasteiger partial charge in [-0.15, -0.1) is 0 Å². The Kier molecular flexibility index (Phi) is 6.82. The summed E-state index contributed by atoms with van der Waals surface area (Å²) in [4.78, 5) is 23.1. The molecule has 0 saturated heterocycles. The summed E-state index contributed by atoms with van der Waals surface area (Å²) < 4.78 is 37.7. The van der Waals surface area contributed by atoms with Crippen molar-refractivity contribution in [1.82, 2.24) is 5.32 Å². The molecule has 0 bridgehead atoms. The standard InChI is InChI=1S/C18H17BF3NO5/c20-18(21,22)14-6-4-11(5-7-14)10-16(24)23-15(19(27)28)9-12-2-1-3-13(8-12)17(25)26/h1-8,15,27-28H,9-10H2,(H,23,24)(H,25,26)/t15-/m0/s1. The van der Waals surface area contributed by atoms with E-state index in [4.69, 9.17) is 5.11 Å². The molecule has 0 aliphatic carbocycles. The van der Waals surface area contributed by atoms with Crippen molar-refractivity contribution in [2.45, 2.75) is 25.0 Å². The SMILES string of the molecule is O=C(Cc1ccc(C(F)(F)F)cc1)N[C@@H](Cc1cccc(C(=O)O)c1)B(O)O. The van der Waals surface area contributed by atoms with Crippen LogP contribution < -0.4 is 5.32 Å². The third-order valence-corrected chi connectivity index (χ3v) is 3.98. The lowest BCUT2D eigenvalue weighted by Crippen LogP contribution is -2.48. The molecule has 2 aromatic carbocycles. The van der Waals surface area contributed by atoms with Gasteiger partial charge in [0, 0.05) is 0 Å². The number of benzene rings is 2. The Morgan fingerprint density at radius 1 is 1.04 bits per heavy atom. The molecule has 2 rings (SSSR count). The number of hydrogen-bond donors (Lipinski definition) is 4. The van der Waals surface area contributed by atoms with Gasteiger partial charge in [-0.2, -0.15) is 13.2 Å². The predicted octanol–water partition coefficient (Wildman–Crippen LogP) is 1.69. The van der Waals surface area contributed by atoms with Crippen molar-refractivity contribution in [2.24, 2.45) is 0 Å². The molecule has 2 aromatic rings. The molecule has 0 fully saturated rings. The van der Waals surface area contributed by atoms with Crippen LogP contribution in [0.15, 0.2) is 48.5 Å². The number of aromatic carboxylic acids is 1. The molecular formula is C18H17BF3NO5. The highest BCUT2D eigenvalue weighted by molar-refractivity contribution is 6.43. The number of halogens is 3. The zero-order chi connectivity index (χ0) is 20.9. The number of alkyl halides is 3. The Labute approximate surface area is 158 Å². The van der Waals surface area contributed by atoms with Crippen LogP contribution in [-0.4, -0.2) is 40.1 Å². The van der Waals surface area contributed by atoms with Crippen molar-refractivity contribution in [3.8, 4) is 0 Å². The number of hydrogen-bond acceptors (Lipinski definition) is 4. The lowest BCUT2D eigenvalue weighted by atomic mass is 9.75. The normalized spacial score (nSPS) is 12.3. The van der Waals surface area contributed by atoms with Crippen molar-refractivity contribution in [1.29, 1.82) is 0 Å². The van der Waals surface area contributed by atoms with E-state index in [-0.39, 0.29) is 18.4 Å². The number of amides is 1. The second-order valence-corrected chi connectivity index (χ2v) is 6.17. The molecule has 0 aliphatic heterocycles. The van der Waals surface area contributed by atoms with E-state index in [9.17, 15) is 32.8 Å². The highest BCUT2D eigenvalue weighted by Crippen LogP contribution is 2.29. The minimum Gasteiger partial charge on any atom is -0.478 e. The van der Waals surface area contributed by atoms with Crippen LogP contribution in [0.25, 0.3) is 0 Å². The van der Waals surface area contributed by atoms with Gasteiger partial charge in [0.2, 0.25) is 5.91 Å². The number of carboxylic acid groups (broad SMARTS) is 1. The monoisotopic (exact) mass is 395 g/mol. The average Bonchev–Trinajstić information content (AvgIpc) is 2.61.